The molecule has 1 nitrogen and oxygen atoms in total. The normalized spacial score (nSPS) is 29.0. The molecule has 0 radical (unpaired) electrons. The maximum atomic E-state index is 5.91. The van der Waals surface area contributed by atoms with E-state index in [0.717, 1.165) is 24.8 Å². The second-order valence-corrected chi connectivity index (χ2v) is 5.50. The van der Waals surface area contributed by atoms with Crippen molar-refractivity contribution in [2.24, 2.45) is 11.8 Å². The first-order chi connectivity index (χ1) is 7.22. The fourth-order valence-corrected chi connectivity index (χ4v) is 2.54. The molecule has 1 aliphatic carbocycles. The molecule has 90 valence electrons. The second kappa shape index (κ2) is 7.51. The van der Waals surface area contributed by atoms with E-state index in [-0.39, 0.29) is 0 Å². The third-order valence-electron chi connectivity index (χ3n) is 3.53. The van der Waals surface area contributed by atoms with Crippen molar-refractivity contribution in [3.63, 3.8) is 0 Å². The Morgan fingerprint density at radius 1 is 1.20 bits per heavy atom. The summed E-state index contributed by atoms with van der Waals surface area (Å²) in [6.07, 6.45) is 8.06. The van der Waals surface area contributed by atoms with Crippen LogP contribution in [0.25, 0.3) is 0 Å². The standard InChI is InChI=1S/C13H25ClO/c1-11-3-5-13(6-4-11)15-10-8-12(2)7-9-14/h11-13H,3-10H2,1-2H3. The molecule has 1 saturated carbocycles. The zero-order valence-corrected chi connectivity index (χ0v) is 10.9. The van der Waals surface area contributed by atoms with Gasteiger partial charge in [0.2, 0.25) is 0 Å². The highest BCUT2D eigenvalue weighted by atomic mass is 35.5. The summed E-state index contributed by atoms with van der Waals surface area (Å²) in [4.78, 5) is 0. The molecule has 1 aliphatic rings. The van der Waals surface area contributed by atoms with E-state index < -0.39 is 0 Å². The minimum atomic E-state index is 0.546. The summed E-state index contributed by atoms with van der Waals surface area (Å²) in [6.45, 7) is 5.53. The maximum absolute atomic E-state index is 5.91. The Kier molecular flexibility index (Phi) is 6.67. The predicted molar refractivity (Wildman–Crippen MR) is 66.5 cm³/mol. The van der Waals surface area contributed by atoms with Gasteiger partial charge in [-0.15, -0.1) is 11.6 Å². The topological polar surface area (TPSA) is 9.23 Å². The van der Waals surface area contributed by atoms with Gasteiger partial charge in [0.05, 0.1) is 6.10 Å². The second-order valence-electron chi connectivity index (χ2n) is 5.12. The van der Waals surface area contributed by atoms with Crippen molar-refractivity contribution >= 4 is 11.6 Å². The first kappa shape index (κ1) is 13.3. The summed E-state index contributed by atoms with van der Waals surface area (Å²) in [5.74, 6) is 2.41. The maximum Gasteiger partial charge on any atom is 0.0575 e. The molecular formula is C13H25ClO. The van der Waals surface area contributed by atoms with E-state index in [1.807, 2.05) is 0 Å². The van der Waals surface area contributed by atoms with Gasteiger partial charge in [-0.25, -0.2) is 0 Å². The molecule has 0 aromatic carbocycles. The monoisotopic (exact) mass is 232 g/mol. The van der Waals surface area contributed by atoms with E-state index >= 15 is 0 Å². The molecule has 0 aromatic heterocycles. The lowest BCUT2D eigenvalue weighted by Gasteiger charge is -2.26. The van der Waals surface area contributed by atoms with Gasteiger partial charge in [-0.1, -0.05) is 13.8 Å². The van der Waals surface area contributed by atoms with Crippen LogP contribution < -0.4 is 0 Å². The fourth-order valence-electron chi connectivity index (χ4n) is 2.16. The van der Waals surface area contributed by atoms with Crippen LogP contribution in [0.5, 0.6) is 0 Å². The van der Waals surface area contributed by atoms with Crippen LogP contribution in [0.2, 0.25) is 0 Å². The highest BCUT2D eigenvalue weighted by Gasteiger charge is 2.18. The Balaban J connectivity index is 2.00. The molecule has 1 rings (SSSR count). The van der Waals surface area contributed by atoms with Crippen LogP contribution >= 0.6 is 11.6 Å². The Labute approximate surface area is 99.5 Å². The zero-order chi connectivity index (χ0) is 11.1. The molecule has 1 unspecified atom stereocenters. The summed E-state index contributed by atoms with van der Waals surface area (Å²) < 4.78 is 5.91. The number of ether oxygens (including phenoxy) is 1. The fraction of sp³-hybridized carbons (Fsp3) is 1.00. The number of halogens is 1. The quantitative estimate of drug-likeness (QED) is 0.623. The summed E-state index contributed by atoms with van der Waals surface area (Å²) in [6, 6.07) is 0. The highest BCUT2D eigenvalue weighted by Crippen LogP contribution is 2.25. The van der Waals surface area contributed by atoms with Crippen LogP contribution in [0.4, 0.5) is 0 Å². The lowest BCUT2D eigenvalue weighted by atomic mass is 9.89. The number of hydrogen-bond acceptors (Lipinski definition) is 1. The molecular weight excluding hydrogens is 208 g/mol. The third kappa shape index (κ3) is 5.77. The molecule has 15 heavy (non-hydrogen) atoms. The molecule has 0 spiro atoms. The molecule has 1 atom stereocenters. The minimum absolute atomic E-state index is 0.546. The van der Waals surface area contributed by atoms with E-state index in [9.17, 15) is 0 Å². The van der Waals surface area contributed by atoms with Crippen LogP contribution in [0.1, 0.15) is 52.4 Å². The van der Waals surface area contributed by atoms with Crippen LogP contribution in [0.15, 0.2) is 0 Å². The highest BCUT2D eigenvalue weighted by molar-refractivity contribution is 6.17. The van der Waals surface area contributed by atoms with Gasteiger partial charge in [-0.3, -0.25) is 0 Å². The molecule has 0 bridgehead atoms. The average molecular weight is 233 g/mol. The van der Waals surface area contributed by atoms with Gasteiger partial charge in [-0.05, 0) is 50.4 Å². The van der Waals surface area contributed by atoms with Crippen molar-refractivity contribution in [3.8, 4) is 0 Å². The SMILES string of the molecule is CC(CCCl)CCOC1CCC(C)CC1. The van der Waals surface area contributed by atoms with Gasteiger partial charge >= 0.3 is 0 Å². The summed E-state index contributed by atoms with van der Waals surface area (Å²) >= 11 is 5.70. The first-order valence-corrected chi connectivity index (χ1v) is 6.93. The van der Waals surface area contributed by atoms with Gasteiger partial charge in [-0.2, -0.15) is 0 Å². The average Bonchev–Trinajstić information content (AvgIpc) is 2.21. The first-order valence-electron chi connectivity index (χ1n) is 6.40. The van der Waals surface area contributed by atoms with E-state index in [4.69, 9.17) is 16.3 Å². The van der Waals surface area contributed by atoms with Crippen molar-refractivity contribution < 1.29 is 4.74 Å². The molecule has 0 N–H and O–H groups in total. The number of hydrogen-bond donors (Lipinski definition) is 0. The molecule has 0 heterocycles. The molecule has 0 aromatic rings. The lowest BCUT2D eigenvalue weighted by Crippen LogP contribution is -2.21. The Hall–Kier alpha value is 0.250. The minimum Gasteiger partial charge on any atom is -0.378 e. The largest absolute Gasteiger partial charge is 0.378 e. The molecule has 1 fully saturated rings. The van der Waals surface area contributed by atoms with Gasteiger partial charge in [0.25, 0.3) is 0 Å². The van der Waals surface area contributed by atoms with Crippen molar-refractivity contribution in [3.05, 3.63) is 0 Å². The molecule has 0 saturated heterocycles. The van der Waals surface area contributed by atoms with E-state index in [2.05, 4.69) is 13.8 Å². The van der Waals surface area contributed by atoms with E-state index in [1.165, 1.54) is 32.1 Å². The lowest BCUT2D eigenvalue weighted by molar-refractivity contribution is 0.0139. The zero-order valence-electron chi connectivity index (χ0n) is 10.2. The van der Waals surface area contributed by atoms with Gasteiger partial charge in [0, 0.05) is 12.5 Å². The van der Waals surface area contributed by atoms with Gasteiger partial charge < -0.3 is 4.74 Å². The predicted octanol–water partition coefficient (Wildman–Crippen LogP) is 4.24. The third-order valence-corrected chi connectivity index (χ3v) is 3.75. The Morgan fingerprint density at radius 2 is 1.87 bits per heavy atom. The van der Waals surface area contributed by atoms with Crippen LogP contribution in [-0.4, -0.2) is 18.6 Å². The molecule has 0 aliphatic heterocycles. The van der Waals surface area contributed by atoms with E-state index in [1.54, 1.807) is 0 Å². The van der Waals surface area contributed by atoms with Crippen molar-refractivity contribution in [1.29, 1.82) is 0 Å². The molecule has 0 amide bonds. The summed E-state index contributed by atoms with van der Waals surface area (Å²) in [7, 11) is 0. The number of rotatable bonds is 6. The van der Waals surface area contributed by atoms with E-state index in [0.29, 0.717) is 12.0 Å². The van der Waals surface area contributed by atoms with Crippen molar-refractivity contribution in [1.82, 2.24) is 0 Å². The van der Waals surface area contributed by atoms with Gasteiger partial charge in [0.1, 0.15) is 0 Å². The molecule has 2 heteroatoms. The summed E-state index contributed by atoms with van der Waals surface area (Å²) in [5, 5.41) is 0. The van der Waals surface area contributed by atoms with Crippen LogP contribution in [0, 0.1) is 11.8 Å². The Morgan fingerprint density at radius 3 is 2.47 bits per heavy atom. The van der Waals surface area contributed by atoms with Crippen LogP contribution in [-0.2, 0) is 4.74 Å². The van der Waals surface area contributed by atoms with Crippen molar-refractivity contribution in [2.75, 3.05) is 12.5 Å². The summed E-state index contributed by atoms with van der Waals surface area (Å²) in [5.41, 5.74) is 0. The van der Waals surface area contributed by atoms with Gasteiger partial charge in [0.15, 0.2) is 0 Å². The van der Waals surface area contributed by atoms with Crippen molar-refractivity contribution in [2.45, 2.75) is 58.5 Å². The number of alkyl halides is 1. The Bertz CT molecular complexity index is 153. The van der Waals surface area contributed by atoms with Crippen LogP contribution in [0.3, 0.4) is 0 Å². The smallest absolute Gasteiger partial charge is 0.0575 e.